The Hall–Kier alpha value is -1.29. The van der Waals surface area contributed by atoms with Crippen LogP contribution in [0, 0.1) is 0 Å². The second-order valence-electron chi connectivity index (χ2n) is 2.60. The van der Waals surface area contributed by atoms with Gasteiger partial charge in [0.05, 0.1) is 12.3 Å². The molecular formula is C10H12N2OS. The van der Waals surface area contributed by atoms with E-state index in [-0.39, 0.29) is 6.54 Å². The maximum atomic E-state index is 10.0. The number of hydrogen-bond acceptors (Lipinski definition) is 3. The molecule has 1 aromatic rings. The molecule has 1 aromatic carbocycles. The number of nitrogens with zero attached hydrogens (tertiary/aromatic N) is 1. The molecule has 0 atom stereocenters. The number of aliphatic imine (C=N–C) groups is 1. The van der Waals surface area contributed by atoms with Gasteiger partial charge in [0.25, 0.3) is 0 Å². The van der Waals surface area contributed by atoms with E-state index in [9.17, 15) is 4.79 Å². The highest BCUT2D eigenvalue weighted by molar-refractivity contribution is 8.00. The molecule has 0 saturated carbocycles. The molecule has 14 heavy (non-hydrogen) atoms. The van der Waals surface area contributed by atoms with E-state index in [4.69, 9.17) is 5.73 Å². The molecule has 2 N–H and O–H groups in total. The van der Waals surface area contributed by atoms with Gasteiger partial charge in [0.2, 0.25) is 0 Å². The predicted molar refractivity (Wildman–Crippen MR) is 59.7 cm³/mol. The molecule has 3 nitrogen and oxygen atoms in total. The van der Waals surface area contributed by atoms with Gasteiger partial charge in [-0.25, -0.2) is 0 Å². The molecule has 0 radical (unpaired) electrons. The van der Waals surface area contributed by atoms with Crippen molar-refractivity contribution in [1.82, 2.24) is 0 Å². The Bertz CT molecular complexity index is 311. The van der Waals surface area contributed by atoms with E-state index in [0.29, 0.717) is 11.6 Å². The van der Waals surface area contributed by atoms with Crippen molar-refractivity contribution in [3.63, 3.8) is 0 Å². The van der Waals surface area contributed by atoms with Gasteiger partial charge in [-0.3, -0.25) is 4.99 Å². The molecule has 0 fully saturated rings. The molecule has 0 spiro atoms. The molecule has 0 amide bonds. The standard InChI is InChI=1S/C10H12N2OS/c11-10(12-6-7-13)8-14-9-4-2-1-3-5-9/h1-5,7H,6,8H2,(H2,11,12). The number of benzene rings is 1. The molecular weight excluding hydrogens is 196 g/mol. The lowest BCUT2D eigenvalue weighted by atomic mass is 10.4. The van der Waals surface area contributed by atoms with Crippen LogP contribution in [0.1, 0.15) is 0 Å². The third-order valence-corrected chi connectivity index (χ3v) is 2.54. The Morgan fingerprint density at radius 3 is 2.79 bits per heavy atom. The van der Waals surface area contributed by atoms with Gasteiger partial charge in [-0.2, -0.15) is 0 Å². The molecule has 0 aliphatic carbocycles. The molecule has 0 saturated heterocycles. The van der Waals surface area contributed by atoms with Crippen LogP contribution in [0.3, 0.4) is 0 Å². The zero-order valence-electron chi connectivity index (χ0n) is 7.72. The van der Waals surface area contributed by atoms with Crippen molar-refractivity contribution < 1.29 is 4.79 Å². The van der Waals surface area contributed by atoms with Gasteiger partial charge in [-0.1, -0.05) is 18.2 Å². The molecule has 0 aromatic heterocycles. The van der Waals surface area contributed by atoms with Crippen molar-refractivity contribution in [1.29, 1.82) is 0 Å². The highest BCUT2D eigenvalue weighted by atomic mass is 32.2. The Morgan fingerprint density at radius 1 is 1.43 bits per heavy atom. The van der Waals surface area contributed by atoms with Gasteiger partial charge >= 0.3 is 0 Å². The Balaban J connectivity index is 2.37. The Morgan fingerprint density at radius 2 is 2.14 bits per heavy atom. The van der Waals surface area contributed by atoms with Crippen molar-refractivity contribution in [2.24, 2.45) is 10.7 Å². The molecule has 4 heteroatoms. The van der Waals surface area contributed by atoms with Crippen molar-refractivity contribution in [2.45, 2.75) is 4.90 Å². The Kier molecular flexibility index (Phi) is 4.78. The summed E-state index contributed by atoms with van der Waals surface area (Å²) in [6, 6.07) is 9.94. The average Bonchev–Trinajstić information content (AvgIpc) is 2.25. The molecule has 0 aliphatic rings. The van der Waals surface area contributed by atoms with Crippen molar-refractivity contribution >= 4 is 23.9 Å². The molecule has 74 valence electrons. The predicted octanol–water partition coefficient (Wildman–Crippen LogP) is 1.33. The summed E-state index contributed by atoms with van der Waals surface area (Å²) in [4.78, 5) is 15.0. The summed E-state index contributed by atoms with van der Waals surface area (Å²) in [5, 5.41) is 0. The van der Waals surface area contributed by atoms with E-state index in [1.165, 1.54) is 0 Å². The lowest BCUT2D eigenvalue weighted by Crippen LogP contribution is -2.15. The largest absolute Gasteiger partial charge is 0.387 e. The van der Waals surface area contributed by atoms with Crippen LogP contribution in [0.4, 0.5) is 0 Å². The lowest BCUT2D eigenvalue weighted by molar-refractivity contribution is -0.106. The molecule has 1 rings (SSSR count). The van der Waals surface area contributed by atoms with Gasteiger partial charge in [0, 0.05) is 4.90 Å². The number of aldehydes is 1. The lowest BCUT2D eigenvalue weighted by Gasteiger charge is -2.00. The molecule has 0 bridgehead atoms. The number of thioether (sulfide) groups is 1. The zero-order chi connectivity index (χ0) is 10.2. The second kappa shape index (κ2) is 6.21. The summed E-state index contributed by atoms with van der Waals surface area (Å²) in [5.41, 5.74) is 5.58. The first-order valence-corrected chi connectivity index (χ1v) is 5.22. The smallest absolute Gasteiger partial charge is 0.141 e. The summed E-state index contributed by atoms with van der Waals surface area (Å²) in [6.07, 6.45) is 0.736. The SMILES string of the molecule is NC(CSc1ccccc1)=NCC=O. The summed E-state index contributed by atoms with van der Waals surface area (Å²) < 4.78 is 0. The third-order valence-electron chi connectivity index (χ3n) is 1.50. The third kappa shape index (κ3) is 4.09. The maximum Gasteiger partial charge on any atom is 0.141 e. The molecule has 0 aliphatic heterocycles. The second-order valence-corrected chi connectivity index (χ2v) is 3.65. The minimum absolute atomic E-state index is 0.154. The maximum absolute atomic E-state index is 10.0. The van der Waals surface area contributed by atoms with E-state index in [0.717, 1.165) is 11.2 Å². The summed E-state index contributed by atoms with van der Waals surface area (Å²) in [7, 11) is 0. The van der Waals surface area contributed by atoms with Crippen LogP contribution < -0.4 is 5.73 Å². The van der Waals surface area contributed by atoms with Crippen molar-refractivity contribution in [3.05, 3.63) is 30.3 Å². The highest BCUT2D eigenvalue weighted by Crippen LogP contribution is 2.15. The first-order valence-electron chi connectivity index (χ1n) is 4.23. The van der Waals surface area contributed by atoms with E-state index in [2.05, 4.69) is 4.99 Å². The fourth-order valence-electron chi connectivity index (χ4n) is 0.874. The summed E-state index contributed by atoms with van der Waals surface area (Å²) in [6.45, 7) is 0.154. The number of carbonyl (C=O) groups excluding carboxylic acids is 1. The molecule has 0 unspecified atom stereocenters. The van der Waals surface area contributed by atoms with Gasteiger partial charge in [0.1, 0.15) is 12.1 Å². The van der Waals surface area contributed by atoms with Gasteiger partial charge in [-0.05, 0) is 12.1 Å². The van der Waals surface area contributed by atoms with E-state index in [1.807, 2.05) is 30.3 Å². The number of nitrogens with two attached hydrogens (primary N) is 1. The van der Waals surface area contributed by atoms with Crippen LogP contribution in [0.25, 0.3) is 0 Å². The quantitative estimate of drug-likeness (QED) is 0.344. The number of amidine groups is 1. The van der Waals surface area contributed by atoms with Gasteiger partial charge in [0.15, 0.2) is 0 Å². The fraction of sp³-hybridized carbons (Fsp3) is 0.200. The van der Waals surface area contributed by atoms with Crippen LogP contribution in [-0.4, -0.2) is 24.4 Å². The van der Waals surface area contributed by atoms with Crippen molar-refractivity contribution in [2.75, 3.05) is 12.3 Å². The minimum Gasteiger partial charge on any atom is -0.387 e. The summed E-state index contributed by atoms with van der Waals surface area (Å²) in [5.74, 6) is 1.13. The number of rotatable bonds is 5. The normalized spacial score (nSPS) is 11.3. The number of carbonyl (C=O) groups is 1. The van der Waals surface area contributed by atoms with Crippen LogP contribution in [0.15, 0.2) is 40.2 Å². The van der Waals surface area contributed by atoms with Gasteiger partial charge in [-0.15, -0.1) is 11.8 Å². The van der Waals surface area contributed by atoms with E-state index < -0.39 is 0 Å². The van der Waals surface area contributed by atoms with E-state index in [1.54, 1.807) is 11.8 Å². The zero-order valence-corrected chi connectivity index (χ0v) is 8.54. The minimum atomic E-state index is 0.154. The van der Waals surface area contributed by atoms with Crippen LogP contribution in [0.2, 0.25) is 0 Å². The van der Waals surface area contributed by atoms with Crippen LogP contribution in [-0.2, 0) is 4.79 Å². The average molecular weight is 208 g/mol. The van der Waals surface area contributed by atoms with Gasteiger partial charge < -0.3 is 10.5 Å². The Labute approximate surface area is 87.4 Å². The van der Waals surface area contributed by atoms with Crippen LogP contribution in [0.5, 0.6) is 0 Å². The topological polar surface area (TPSA) is 55.4 Å². The first-order chi connectivity index (χ1) is 6.83. The first kappa shape index (κ1) is 10.8. The molecule has 0 heterocycles. The monoisotopic (exact) mass is 208 g/mol. The highest BCUT2D eigenvalue weighted by Gasteiger charge is 1.95. The van der Waals surface area contributed by atoms with E-state index >= 15 is 0 Å². The van der Waals surface area contributed by atoms with Crippen LogP contribution >= 0.6 is 11.8 Å². The number of hydrogen-bond donors (Lipinski definition) is 1. The van der Waals surface area contributed by atoms with Crippen molar-refractivity contribution in [3.8, 4) is 0 Å². The summed E-state index contributed by atoms with van der Waals surface area (Å²) >= 11 is 1.61. The fourth-order valence-corrected chi connectivity index (χ4v) is 1.63.